The van der Waals surface area contributed by atoms with Crippen molar-refractivity contribution >= 4 is 6.29 Å². The average Bonchev–Trinajstić information content (AvgIpc) is 2.38. The minimum absolute atomic E-state index is 0.527. The maximum Gasteiger partial charge on any atom is 0.150 e. The molecule has 0 fully saturated rings. The minimum atomic E-state index is 0.527. The van der Waals surface area contributed by atoms with E-state index in [0.29, 0.717) is 11.6 Å². The van der Waals surface area contributed by atoms with E-state index in [-0.39, 0.29) is 0 Å². The summed E-state index contributed by atoms with van der Waals surface area (Å²) < 4.78 is 5.34. The fourth-order valence-corrected chi connectivity index (χ4v) is 2.06. The number of carbonyl (C=O) groups excluding carboxylic acids is 1. The first-order chi connectivity index (χ1) is 8.62. The number of nitrogens with zero attached hydrogens (tertiary/aromatic N) is 1. The van der Waals surface area contributed by atoms with Crippen LogP contribution in [0.25, 0.3) is 0 Å². The molecule has 100 valence electrons. The first-order valence-electron chi connectivity index (χ1n) is 6.44. The third-order valence-electron chi connectivity index (χ3n) is 3.32. The highest BCUT2D eigenvalue weighted by Gasteiger charge is 2.12. The molecule has 0 radical (unpaired) electrons. The van der Waals surface area contributed by atoms with Crippen LogP contribution in [0.2, 0.25) is 0 Å². The van der Waals surface area contributed by atoms with Crippen molar-refractivity contribution in [1.82, 2.24) is 4.90 Å². The number of hydrogen-bond donors (Lipinski definition) is 0. The standard InChI is InChI=1S/C15H23NO2/c1-5-6-12(2)16(3)10-14-9-13(11-17)7-8-15(14)18-4/h7-9,11-12H,5-6,10H2,1-4H3. The molecule has 0 heterocycles. The molecule has 0 aliphatic rings. The highest BCUT2D eigenvalue weighted by molar-refractivity contribution is 5.75. The topological polar surface area (TPSA) is 29.5 Å². The molecular weight excluding hydrogens is 226 g/mol. The van der Waals surface area contributed by atoms with Gasteiger partial charge in [0.05, 0.1) is 7.11 Å². The maximum absolute atomic E-state index is 10.8. The Labute approximate surface area is 110 Å². The Balaban J connectivity index is 2.84. The smallest absolute Gasteiger partial charge is 0.150 e. The molecule has 0 aliphatic carbocycles. The minimum Gasteiger partial charge on any atom is -0.496 e. The predicted molar refractivity (Wildman–Crippen MR) is 74.2 cm³/mol. The number of hydrogen-bond acceptors (Lipinski definition) is 3. The Hall–Kier alpha value is -1.35. The number of methoxy groups -OCH3 is 1. The van der Waals surface area contributed by atoms with E-state index in [1.165, 1.54) is 12.8 Å². The average molecular weight is 249 g/mol. The van der Waals surface area contributed by atoms with Crippen molar-refractivity contribution in [3.63, 3.8) is 0 Å². The molecule has 0 N–H and O–H groups in total. The second kappa shape index (κ2) is 7.17. The van der Waals surface area contributed by atoms with Gasteiger partial charge in [-0.1, -0.05) is 13.3 Å². The number of ether oxygens (including phenoxy) is 1. The number of benzene rings is 1. The van der Waals surface area contributed by atoms with Crippen molar-refractivity contribution in [3.05, 3.63) is 29.3 Å². The molecule has 0 saturated heterocycles. The van der Waals surface area contributed by atoms with Crippen LogP contribution in [0.3, 0.4) is 0 Å². The lowest BCUT2D eigenvalue weighted by molar-refractivity contribution is 0.112. The Morgan fingerprint density at radius 2 is 2.17 bits per heavy atom. The van der Waals surface area contributed by atoms with Crippen LogP contribution in [0.1, 0.15) is 42.6 Å². The molecule has 18 heavy (non-hydrogen) atoms. The molecule has 1 rings (SSSR count). The third-order valence-corrected chi connectivity index (χ3v) is 3.32. The van der Waals surface area contributed by atoms with Gasteiger partial charge in [-0.15, -0.1) is 0 Å². The van der Waals surface area contributed by atoms with E-state index in [9.17, 15) is 4.79 Å². The van der Waals surface area contributed by atoms with E-state index in [4.69, 9.17) is 4.74 Å². The first kappa shape index (κ1) is 14.7. The Bertz CT molecular complexity index is 390. The second-order valence-corrected chi connectivity index (χ2v) is 4.74. The van der Waals surface area contributed by atoms with Gasteiger partial charge in [0.2, 0.25) is 0 Å². The lowest BCUT2D eigenvalue weighted by atomic mass is 10.1. The highest BCUT2D eigenvalue weighted by atomic mass is 16.5. The summed E-state index contributed by atoms with van der Waals surface area (Å²) in [5.41, 5.74) is 1.76. The molecule has 0 spiro atoms. The third kappa shape index (κ3) is 3.84. The van der Waals surface area contributed by atoms with Crippen molar-refractivity contribution in [3.8, 4) is 5.75 Å². The van der Waals surface area contributed by atoms with Crippen molar-refractivity contribution < 1.29 is 9.53 Å². The van der Waals surface area contributed by atoms with Gasteiger partial charge >= 0.3 is 0 Å². The highest BCUT2D eigenvalue weighted by Crippen LogP contribution is 2.22. The van der Waals surface area contributed by atoms with Gasteiger partial charge in [-0.05, 0) is 38.6 Å². The van der Waals surface area contributed by atoms with Crippen LogP contribution in [0.15, 0.2) is 18.2 Å². The monoisotopic (exact) mass is 249 g/mol. The Kier molecular flexibility index (Phi) is 5.86. The van der Waals surface area contributed by atoms with Gasteiger partial charge in [0.15, 0.2) is 0 Å². The van der Waals surface area contributed by atoms with Crippen LogP contribution in [-0.4, -0.2) is 31.4 Å². The van der Waals surface area contributed by atoms with Crippen LogP contribution < -0.4 is 4.74 Å². The largest absolute Gasteiger partial charge is 0.496 e. The molecule has 1 unspecified atom stereocenters. The lowest BCUT2D eigenvalue weighted by Gasteiger charge is -2.25. The lowest BCUT2D eigenvalue weighted by Crippen LogP contribution is -2.28. The molecule has 0 saturated carbocycles. The van der Waals surface area contributed by atoms with Gasteiger partial charge in [0.1, 0.15) is 12.0 Å². The molecule has 1 aromatic rings. The fraction of sp³-hybridized carbons (Fsp3) is 0.533. The second-order valence-electron chi connectivity index (χ2n) is 4.74. The molecule has 0 amide bonds. The van der Waals surface area contributed by atoms with Gasteiger partial charge in [-0.2, -0.15) is 0 Å². The van der Waals surface area contributed by atoms with Gasteiger partial charge in [-0.3, -0.25) is 9.69 Å². The van der Waals surface area contributed by atoms with Crippen LogP contribution in [0.5, 0.6) is 5.75 Å². The zero-order chi connectivity index (χ0) is 13.5. The summed E-state index contributed by atoms with van der Waals surface area (Å²) in [7, 11) is 3.77. The van der Waals surface area contributed by atoms with Crippen LogP contribution >= 0.6 is 0 Å². The summed E-state index contributed by atoms with van der Waals surface area (Å²) in [6.07, 6.45) is 3.22. The Morgan fingerprint density at radius 3 is 2.72 bits per heavy atom. The van der Waals surface area contributed by atoms with Gasteiger partial charge < -0.3 is 4.74 Å². The van der Waals surface area contributed by atoms with E-state index in [0.717, 1.165) is 24.1 Å². The SMILES string of the molecule is CCCC(C)N(C)Cc1cc(C=O)ccc1OC. The summed E-state index contributed by atoms with van der Waals surface area (Å²) in [5.74, 6) is 0.844. The summed E-state index contributed by atoms with van der Waals surface area (Å²) in [5, 5.41) is 0. The molecule has 3 nitrogen and oxygen atoms in total. The number of aldehydes is 1. The van der Waals surface area contributed by atoms with Crippen LogP contribution in [-0.2, 0) is 6.54 Å². The van der Waals surface area contributed by atoms with E-state index in [1.54, 1.807) is 13.2 Å². The normalized spacial score (nSPS) is 12.5. The molecule has 1 aromatic carbocycles. The van der Waals surface area contributed by atoms with Crippen molar-refractivity contribution in [2.75, 3.05) is 14.2 Å². The van der Waals surface area contributed by atoms with Crippen molar-refractivity contribution in [1.29, 1.82) is 0 Å². The molecule has 0 bridgehead atoms. The van der Waals surface area contributed by atoms with Crippen molar-refractivity contribution in [2.45, 2.75) is 39.3 Å². The van der Waals surface area contributed by atoms with Gasteiger partial charge in [-0.25, -0.2) is 0 Å². The molecular formula is C15H23NO2. The molecule has 0 aliphatic heterocycles. The maximum atomic E-state index is 10.8. The number of rotatable bonds is 7. The van der Waals surface area contributed by atoms with Crippen LogP contribution in [0, 0.1) is 0 Å². The molecule has 0 aromatic heterocycles. The fourth-order valence-electron chi connectivity index (χ4n) is 2.06. The van der Waals surface area contributed by atoms with Gasteiger partial charge in [0, 0.05) is 23.7 Å². The molecule has 1 atom stereocenters. The van der Waals surface area contributed by atoms with Crippen LogP contribution in [0.4, 0.5) is 0 Å². The number of carbonyl (C=O) groups is 1. The zero-order valence-corrected chi connectivity index (χ0v) is 11.8. The molecule has 3 heteroatoms. The zero-order valence-electron chi connectivity index (χ0n) is 11.8. The summed E-state index contributed by atoms with van der Waals surface area (Å²) in [6, 6.07) is 6.07. The summed E-state index contributed by atoms with van der Waals surface area (Å²) >= 11 is 0. The Morgan fingerprint density at radius 1 is 1.44 bits per heavy atom. The predicted octanol–water partition coefficient (Wildman–Crippen LogP) is 3.13. The van der Waals surface area contributed by atoms with E-state index in [2.05, 4.69) is 25.8 Å². The van der Waals surface area contributed by atoms with E-state index < -0.39 is 0 Å². The van der Waals surface area contributed by atoms with Crippen molar-refractivity contribution in [2.24, 2.45) is 0 Å². The van der Waals surface area contributed by atoms with E-state index >= 15 is 0 Å². The first-order valence-corrected chi connectivity index (χ1v) is 6.44. The van der Waals surface area contributed by atoms with Gasteiger partial charge in [0.25, 0.3) is 0 Å². The summed E-state index contributed by atoms with van der Waals surface area (Å²) in [4.78, 5) is 13.1. The van der Waals surface area contributed by atoms with E-state index in [1.807, 2.05) is 12.1 Å². The quantitative estimate of drug-likeness (QED) is 0.695. The summed E-state index contributed by atoms with van der Waals surface area (Å²) in [6.45, 7) is 5.21.